The molecule has 0 bridgehead atoms. The molecule has 3 rings (SSSR count). The average molecular weight is 384 g/mol. The maximum Gasteiger partial charge on any atom is 0.391 e. The number of rotatable bonds is 7. The van der Waals surface area contributed by atoms with E-state index in [1.807, 2.05) is 0 Å². The summed E-state index contributed by atoms with van der Waals surface area (Å²) in [4.78, 5) is 4.63. The molecule has 0 aromatic heterocycles. The zero-order valence-electron chi connectivity index (χ0n) is 16.0. The number of nitrogens with zero attached hydrogens (tertiary/aromatic N) is 2. The molecular weight excluding hydrogens is 353 g/mol. The molecule has 1 aromatic carbocycles. The number of benzene rings is 1. The van der Waals surface area contributed by atoms with Crippen LogP contribution in [0.2, 0.25) is 0 Å². The van der Waals surface area contributed by atoms with Crippen LogP contribution in [0.1, 0.15) is 30.4 Å². The average Bonchev–Trinajstić information content (AvgIpc) is 2.67. The fourth-order valence-electron chi connectivity index (χ4n) is 4.04. The minimum Gasteiger partial charge on any atom is -0.379 e. The van der Waals surface area contributed by atoms with Crippen molar-refractivity contribution < 1.29 is 17.9 Å². The van der Waals surface area contributed by atoms with Crippen LogP contribution in [0.25, 0.3) is 0 Å². The first kappa shape index (κ1) is 20.6. The van der Waals surface area contributed by atoms with Crippen LogP contribution in [-0.2, 0) is 17.6 Å². The third-order valence-electron chi connectivity index (χ3n) is 5.80. The molecule has 27 heavy (non-hydrogen) atoms. The van der Waals surface area contributed by atoms with Crippen LogP contribution in [0, 0.1) is 5.92 Å². The summed E-state index contributed by atoms with van der Waals surface area (Å²) in [6.45, 7) is 6.83. The van der Waals surface area contributed by atoms with E-state index in [1.165, 1.54) is 11.1 Å². The number of aryl methyl sites for hydroxylation is 1. The van der Waals surface area contributed by atoms with E-state index in [0.717, 1.165) is 58.7 Å². The number of likely N-dealkylation sites (tertiary alicyclic amines) is 1. The van der Waals surface area contributed by atoms with Crippen molar-refractivity contribution in [2.24, 2.45) is 5.92 Å². The zero-order valence-corrected chi connectivity index (χ0v) is 16.0. The topological polar surface area (TPSA) is 15.7 Å². The minimum atomic E-state index is -4.03. The molecule has 3 nitrogen and oxygen atoms in total. The second-order valence-electron chi connectivity index (χ2n) is 7.79. The van der Waals surface area contributed by atoms with Gasteiger partial charge in [-0.2, -0.15) is 13.2 Å². The Bertz CT molecular complexity index is 565. The Morgan fingerprint density at radius 1 is 0.889 bits per heavy atom. The van der Waals surface area contributed by atoms with Gasteiger partial charge in [0.1, 0.15) is 0 Å². The van der Waals surface area contributed by atoms with Gasteiger partial charge < -0.3 is 9.64 Å². The van der Waals surface area contributed by atoms with E-state index < -0.39 is 12.1 Å². The molecule has 0 saturated carbocycles. The summed E-state index contributed by atoms with van der Waals surface area (Å²) in [7, 11) is 0. The van der Waals surface area contributed by atoms with Crippen LogP contribution in [0.3, 0.4) is 0 Å². The van der Waals surface area contributed by atoms with E-state index in [9.17, 15) is 13.2 Å². The monoisotopic (exact) mass is 384 g/mol. The summed E-state index contributed by atoms with van der Waals surface area (Å²) in [5.74, 6) is -1.11. The van der Waals surface area contributed by atoms with E-state index in [0.29, 0.717) is 13.1 Å². The molecule has 2 aliphatic heterocycles. The zero-order chi connectivity index (χ0) is 19.1. The third-order valence-corrected chi connectivity index (χ3v) is 5.80. The van der Waals surface area contributed by atoms with E-state index in [4.69, 9.17) is 4.74 Å². The summed E-state index contributed by atoms with van der Waals surface area (Å²) < 4.78 is 43.6. The Hall–Kier alpha value is -1.11. The molecule has 0 atom stereocenters. The van der Waals surface area contributed by atoms with Crippen LogP contribution < -0.4 is 0 Å². The van der Waals surface area contributed by atoms with Gasteiger partial charge in [0.25, 0.3) is 0 Å². The van der Waals surface area contributed by atoms with Gasteiger partial charge in [-0.25, -0.2) is 0 Å². The van der Waals surface area contributed by atoms with Crippen LogP contribution in [0.15, 0.2) is 24.3 Å². The third kappa shape index (κ3) is 6.77. The molecular formula is C21H31F3N2O. The highest BCUT2D eigenvalue weighted by Crippen LogP contribution is 2.34. The molecule has 2 saturated heterocycles. The van der Waals surface area contributed by atoms with Crippen molar-refractivity contribution in [3.8, 4) is 0 Å². The predicted molar refractivity (Wildman–Crippen MR) is 101 cm³/mol. The standard InChI is InChI=1S/C21H31F3N2O/c22-21(23,24)20-7-11-26(12-8-20)10-6-19-4-1-3-18(17-19)5-2-9-25-13-15-27-16-14-25/h1,3-4,17,20H,2,5-16H2. The van der Waals surface area contributed by atoms with Crippen molar-refractivity contribution in [2.45, 2.75) is 38.3 Å². The molecule has 0 N–H and O–H groups in total. The van der Waals surface area contributed by atoms with Gasteiger partial charge in [-0.05, 0) is 62.9 Å². The first-order valence-corrected chi connectivity index (χ1v) is 10.2. The van der Waals surface area contributed by atoms with Crippen LogP contribution in [0.5, 0.6) is 0 Å². The molecule has 152 valence electrons. The summed E-state index contributed by atoms with van der Waals surface area (Å²) >= 11 is 0. The Kier molecular flexibility index (Phi) is 7.56. The summed E-state index contributed by atoms with van der Waals surface area (Å²) in [5, 5.41) is 0. The molecule has 6 heteroatoms. The Balaban J connectivity index is 1.37. The molecule has 0 amide bonds. The van der Waals surface area contributed by atoms with Crippen molar-refractivity contribution in [1.29, 1.82) is 0 Å². The second-order valence-corrected chi connectivity index (χ2v) is 7.79. The molecule has 2 heterocycles. The van der Waals surface area contributed by atoms with Crippen LogP contribution in [0.4, 0.5) is 13.2 Å². The Morgan fingerprint density at radius 3 is 2.19 bits per heavy atom. The van der Waals surface area contributed by atoms with Crippen LogP contribution >= 0.6 is 0 Å². The summed E-state index contributed by atoms with van der Waals surface area (Å²) in [5.41, 5.74) is 2.65. The highest BCUT2D eigenvalue weighted by molar-refractivity contribution is 5.24. The van der Waals surface area contributed by atoms with Gasteiger partial charge in [-0.3, -0.25) is 4.90 Å². The number of hydrogen-bond donors (Lipinski definition) is 0. The highest BCUT2D eigenvalue weighted by Gasteiger charge is 2.40. The van der Waals surface area contributed by atoms with Crippen molar-refractivity contribution >= 4 is 0 Å². The lowest BCUT2D eigenvalue weighted by Gasteiger charge is -2.32. The Labute approximate surface area is 160 Å². The van der Waals surface area contributed by atoms with Gasteiger partial charge >= 0.3 is 6.18 Å². The van der Waals surface area contributed by atoms with E-state index in [1.54, 1.807) is 0 Å². The normalized spacial score (nSPS) is 20.9. The molecule has 0 aliphatic carbocycles. The van der Waals surface area contributed by atoms with Crippen molar-refractivity contribution in [3.05, 3.63) is 35.4 Å². The van der Waals surface area contributed by atoms with Gasteiger partial charge in [0.2, 0.25) is 0 Å². The van der Waals surface area contributed by atoms with Gasteiger partial charge in [-0.1, -0.05) is 24.3 Å². The molecule has 0 unspecified atom stereocenters. The van der Waals surface area contributed by atoms with Crippen molar-refractivity contribution in [3.63, 3.8) is 0 Å². The number of morpholine rings is 1. The van der Waals surface area contributed by atoms with Gasteiger partial charge in [0.05, 0.1) is 19.1 Å². The van der Waals surface area contributed by atoms with Gasteiger partial charge in [0.15, 0.2) is 0 Å². The summed E-state index contributed by atoms with van der Waals surface area (Å²) in [6, 6.07) is 8.68. The fraction of sp³-hybridized carbons (Fsp3) is 0.714. The number of piperidine rings is 1. The van der Waals surface area contributed by atoms with Crippen molar-refractivity contribution in [1.82, 2.24) is 9.80 Å². The molecule has 2 aliphatic rings. The SMILES string of the molecule is FC(F)(F)C1CCN(CCc2cccc(CCCN3CCOCC3)c2)CC1. The number of halogens is 3. The molecule has 2 fully saturated rings. The molecule has 1 aromatic rings. The minimum absolute atomic E-state index is 0.241. The second kappa shape index (κ2) is 9.89. The number of hydrogen-bond acceptors (Lipinski definition) is 3. The van der Waals surface area contributed by atoms with E-state index >= 15 is 0 Å². The molecule has 0 radical (unpaired) electrons. The van der Waals surface area contributed by atoms with E-state index in [2.05, 4.69) is 34.1 Å². The lowest BCUT2D eigenvalue weighted by atomic mass is 9.96. The lowest BCUT2D eigenvalue weighted by Crippen LogP contribution is -2.39. The smallest absolute Gasteiger partial charge is 0.379 e. The maximum absolute atomic E-state index is 12.8. The molecule has 0 spiro atoms. The first-order chi connectivity index (χ1) is 13.0. The fourth-order valence-corrected chi connectivity index (χ4v) is 4.04. The van der Waals surface area contributed by atoms with Gasteiger partial charge in [0, 0.05) is 19.6 Å². The van der Waals surface area contributed by atoms with Crippen molar-refractivity contribution in [2.75, 3.05) is 52.5 Å². The Morgan fingerprint density at radius 2 is 1.52 bits per heavy atom. The van der Waals surface area contributed by atoms with Crippen LogP contribution in [-0.4, -0.2) is 68.5 Å². The predicted octanol–water partition coefficient (Wildman–Crippen LogP) is 3.77. The largest absolute Gasteiger partial charge is 0.391 e. The highest BCUT2D eigenvalue weighted by atomic mass is 19.4. The van der Waals surface area contributed by atoms with E-state index in [-0.39, 0.29) is 12.8 Å². The van der Waals surface area contributed by atoms with Gasteiger partial charge in [-0.15, -0.1) is 0 Å². The first-order valence-electron chi connectivity index (χ1n) is 10.2. The summed E-state index contributed by atoms with van der Waals surface area (Å²) in [6.07, 6.45) is -0.414. The quantitative estimate of drug-likeness (QED) is 0.712. The maximum atomic E-state index is 12.8. The number of ether oxygens (including phenoxy) is 1. The lowest BCUT2D eigenvalue weighted by molar-refractivity contribution is -0.185. The number of alkyl halides is 3.